The minimum atomic E-state index is -2.23. The third-order valence-corrected chi connectivity index (χ3v) is 1.86. The second kappa shape index (κ2) is 2.61. The molecule has 0 bridgehead atoms. The summed E-state index contributed by atoms with van der Waals surface area (Å²) < 4.78 is 12.7. The Bertz CT molecular complexity index is 390. The summed E-state index contributed by atoms with van der Waals surface area (Å²) in [6.07, 6.45) is 1.94. The van der Waals surface area contributed by atoms with Crippen LogP contribution < -0.4 is 0 Å². The number of guanidine groups is 1. The number of aliphatic carboxylic acids is 1. The molecule has 2 heterocycles. The van der Waals surface area contributed by atoms with Gasteiger partial charge in [0.1, 0.15) is 0 Å². The third-order valence-electron chi connectivity index (χ3n) is 1.86. The van der Waals surface area contributed by atoms with Crippen molar-refractivity contribution in [1.82, 2.24) is 4.90 Å². The van der Waals surface area contributed by atoms with Crippen LogP contribution in [0.15, 0.2) is 22.0 Å². The molecule has 0 radical (unpaired) electrons. The number of fused-ring (bicyclic) bond motifs is 1. The number of halogens is 1. The molecule has 6 nitrogen and oxygen atoms in total. The number of nitrogens with zero attached hydrogens (tertiary/aromatic N) is 3. The number of carboxylic acids is 1. The SMILES string of the molecule is O=C(O)C1(O)CN2C=C(F)C=NC2=N1. The van der Waals surface area contributed by atoms with E-state index in [9.17, 15) is 14.3 Å². The molecule has 0 aromatic rings. The van der Waals surface area contributed by atoms with Crippen molar-refractivity contribution in [2.24, 2.45) is 9.98 Å². The van der Waals surface area contributed by atoms with Crippen molar-refractivity contribution in [2.45, 2.75) is 5.72 Å². The first-order valence-electron chi connectivity index (χ1n) is 3.75. The highest BCUT2D eigenvalue weighted by Crippen LogP contribution is 2.22. The maximum atomic E-state index is 12.7. The monoisotopic (exact) mass is 199 g/mol. The van der Waals surface area contributed by atoms with Gasteiger partial charge in [-0.25, -0.2) is 19.2 Å². The highest BCUT2D eigenvalue weighted by molar-refractivity contribution is 5.99. The first kappa shape index (κ1) is 8.82. The third kappa shape index (κ3) is 1.18. The Balaban J connectivity index is 2.34. The molecule has 2 aliphatic rings. The summed E-state index contributed by atoms with van der Waals surface area (Å²) in [6, 6.07) is 0. The lowest BCUT2D eigenvalue weighted by molar-refractivity contribution is -0.156. The Hall–Kier alpha value is -1.76. The molecule has 0 saturated carbocycles. The normalized spacial score (nSPS) is 29.7. The topological polar surface area (TPSA) is 85.5 Å². The Labute approximate surface area is 77.7 Å². The van der Waals surface area contributed by atoms with Crippen LogP contribution in [-0.4, -0.2) is 45.5 Å². The molecule has 7 heteroatoms. The molecule has 0 aromatic heterocycles. The van der Waals surface area contributed by atoms with Crippen molar-refractivity contribution < 1.29 is 19.4 Å². The van der Waals surface area contributed by atoms with E-state index in [1.54, 1.807) is 0 Å². The molecule has 2 aliphatic heterocycles. The van der Waals surface area contributed by atoms with E-state index in [0.717, 1.165) is 17.3 Å². The summed E-state index contributed by atoms with van der Waals surface area (Å²) in [6.45, 7) is -0.331. The van der Waals surface area contributed by atoms with Gasteiger partial charge >= 0.3 is 5.97 Å². The quantitative estimate of drug-likeness (QED) is 0.586. The molecule has 0 fully saturated rings. The fourth-order valence-corrected chi connectivity index (χ4v) is 1.20. The molecule has 2 rings (SSSR count). The number of aliphatic hydroxyl groups is 1. The molecule has 0 amide bonds. The molecule has 2 N–H and O–H groups in total. The number of hydrogen-bond donors (Lipinski definition) is 2. The molecule has 74 valence electrons. The van der Waals surface area contributed by atoms with Crippen molar-refractivity contribution in [3.05, 3.63) is 12.0 Å². The lowest BCUT2D eigenvalue weighted by atomic mass is 10.2. The van der Waals surface area contributed by atoms with Gasteiger partial charge < -0.3 is 15.1 Å². The van der Waals surface area contributed by atoms with Gasteiger partial charge in [-0.1, -0.05) is 0 Å². The van der Waals surface area contributed by atoms with Gasteiger partial charge in [-0.05, 0) is 0 Å². The number of carboxylic acid groups (broad SMARTS) is 1. The summed E-state index contributed by atoms with van der Waals surface area (Å²) in [5, 5.41) is 18.1. The van der Waals surface area contributed by atoms with Crippen molar-refractivity contribution in [3.8, 4) is 0 Å². The van der Waals surface area contributed by atoms with Crippen LogP contribution in [0.4, 0.5) is 4.39 Å². The van der Waals surface area contributed by atoms with Gasteiger partial charge in [-0.15, -0.1) is 0 Å². The van der Waals surface area contributed by atoms with Gasteiger partial charge in [0.15, 0.2) is 5.83 Å². The minimum absolute atomic E-state index is 0.00343. The maximum Gasteiger partial charge on any atom is 0.361 e. The van der Waals surface area contributed by atoms with Gasteiger partial charge in [0.25, 0.3) is 5.72 Å². The van der Waals surface area contributed by atoms with E-state index >= 15 is 0 Å². The molecular formula is C7H6FN3O3. The van der Waals surface area contributed by atoms with Crippen LogP contribution in [0, 0.1) is 0 Å². The van der Waals surface area contributed by atoms with Crippen LogP contribution in [0.2, 0.25) is 0 Å². The fraction of sp³-hybridized carbons (Fsp3) is 0.286. The van der Waals surface area contributed by atoms with Gasteiger partial charge in [-0.2, -0.15) is 0 Å². The predicted molar refractivity (Wildman–Crippen MR) is 44.4 cm³/mol. The second-order valence-corrected chi connectivity index (χ2v) is 2.93. The smallest absolute Gasteiger partial charge is 0.361 e. The van der Waals surface area contributed by atoms with Crippen molar-refractivity contribution in [3.63, 3.8) is 0 Å². The van der Waals surface area contributed by atoms with Crippen molar-refractivity contribution in [2.75, 3.05) is 6.54 Å². The fourth-order valence-electron chi connectivity index (χ4n) is 1.20. The lowest BCUT2D eigenvalue weighted by Crippen LogP contribution is -2.41. The van der Waals surface area contributed by atoms with Crippen molar-refractivity contribution >= 4 is 18.1 Å². The number of rotatable bonds is 1. The highest BCUT2D eigenvalue weighted by Gasteiger charge is 2.44. The number of hydrogen-bond acceptors (Lipinski definition) is 5. The van der Waals surface area contributed by atoms with Gasteiger partial charge in [-0.3, -0.25) is 0 Å². The van der Waals surface area contributed by atoms with Crippen LogP contribution in [0.1, 0.15) is 0 Å². The Morgan fingerprint density at radius 2 is 2.43 bits per heavy atom. The highest BCUT2D eigenvalue weighted by atomic mass is 19.1. The van der Waals surface area contributed by atoms with Crippen LogP contribution in [0.3, 0.4) is 0 Å². The Kier molecular flexibility index (Phi) is 1.65. The van der Waals surface area contributed by atoms with E-state index in [2.05, 4.69) is 9.98 Å². The average molecular weight is 199 g/mol. The van der Waals surface area contributed by atoms with Crippen LogP contribution in [-0.2, 0) is 4.79 Å². The van der Waals surface area contributed by atoms with E-state index in [-0.39, 0.29) is 12.5 Å². The van der Waals surface area contributed by atoms with Gasteiger partial charge in [0.2, 0.25) is 5.96 Å². The Morgan fingerprint density at radius 3 is 3.07 bits per heavy atom. The zero-order valence-corrected chi connectivity index (χ0v) is 6.88. The molecule has 14 heavy (non-hydrogen) atoms. The number of allylic oxidation sites excluding steroid dienone is 1. The molecule has 0 aromatic carbocycles. The predicted octanol–water partition coefficient (Wildman–Crippen LogP) is -0.673. The molecule has 0 saturated heterocycles. The zero-order valence-electron chi connectivity index (χ0n) is 6.88. The largest absolute Gasteiger partial charge is 0.478 e. The average Bonchev–Trinajstić information content (AvgIpc) is 2.42. The molecule has 0 spiro atoms. The molecule has 1 unspecified atom stereocenters. The van der Waals surface area contributed by atoms with E-state index in [1.807, 2.05) is 0 Å². The summed E-state index contributed by atoms with van der Waals surface area (Å²) in [4.78, 5) is 18.7. The molecule has 1 atom stereocenters. The maximum absolute atomic E-state index is 12.7. The summed E-state index contributed by atoms with van der Waals surface area (Å²) in [7, 11) is 0. The van der Waals surface area contributed by atoms with Gasteiger partial charge in [0, 0.05) is 6.20 Å². The van der Waals surface area contributed by atoms with Crippen molar-refractivity contribution in [1.29, 1.82) is 0 Å². The molecular weight excluding hydrogens is 193 g/mol. The summed E-state index contributed by atoms with van der Waals surface area (Å²) >= 11 is 0. The van der Waals surface area contributed by atoms with Crippen LogP contribution in [0.5, 0.6) is 0 Å². The van der Waals surface area contributed by atoms with E-state index < -0.39 is 17.5 Å². The van der Waals surface area contributed by atoms with E-state index in [4.69, 9.17) is 5.11 Å². The first-order valence-corrected chi connectivity index (χ1v) is 3.75. The standard InChI is InChI=1S/C7H6FN3O3/c8-4-1-9-6-10-7(14,5(12)13)3-11(6)2-4/h1-2,14H,3H2,(H,12,13). The lowest BCUT2D eigenvalue weighted by Gasteiger charge is -2.17. The second-order valence-electron chi connectivity index (χ2n) is 2.93. The Morgan fingerprint density at radius 1 is 1.71 bits per heavy atom. The minimum Gasteiger partial charge on any atom is -0.478 e. The number of carbonyl (C=O) groups is 1. The summed E-state index contributed by atoms with van der Waals surface area (Å²) in [5.74, 6) is -2.10. The number of aliphatic imine (C=N–C) groups is 2. The van der Waals surface area contributed by atoms with E-state index in [0.29, 0.717) is 0 Å². The van der Waals surface area contributed by atoms with Crippen LogP contribution >= 0.6 is 0 Å². The van der Waals surface area contributed by atoms with Crippen LogP contribution in [0.25, 0.3) is 0 Å². The first-order chi connectivity index (χ1) is 6.51. The molecule has 0 aliphatic carbocycles. The zero-order chi connectivity index (χ0) is 10.3. The van der Waals surface area contributed by atoms with Gasteiger partial charge in [0.05, 0.1) is 12.8 Å². The summed E-state index contributed by atoms with van der Waals surface area (Å²) in [5.41, 5.74) is -2.23. The van der Waals surface area contributed by atoms with E-state index in [1.165, 1.54) is 0 Å².